The third-order valence-electron chi connectivity index (χ3n) is 2.51. The van der Waals surface area contributed by atoms with E-state index in [-0.39, 0.29) is 30.5 Å². The van der Waals surface area contributed by atoms with E-state index >= 15 is 0 Å². The maximum atomic E-state index is 11.6. The lowest BCUT2D eigenvalue weighted by atomic mass is 10.1. The average molecular weight is 198 g/mol. The summed E-state index contributed by atoms with van der Waals surface area (Å²) in [6.07, 6.45) is 5.10. The van der Waals surface area contributed by atoms with Crippen LogP contribution in [0.25, 0.3) is 0 Å². The number of nitrogens with one attached hydrogen (secondary N) is 1. The van der Waals surface area contributed by atoms with Crippen LogP contribution in [0.3, 0.4) is 0 Å². The number of hydrogen-bond acceptors (Lipinski definition) is 3. The number of hydrogen-bond donors (Lipinski definition) is 3. The molecule has 0 spiro atoms. The molecule has 0 aromatic rings. The van der Waals surface area contributed by atoms with Crippen LogP contribution < -0.4 is 11.1 Å². The molecule has 80 valence electrons. The van der Waals surface area contributed by atoms with E-state index in [0.29, 0.717) is 6.42 Å². The lowest BCUT2D eigenvalue weighted by molar-refractivity contribution is -0.124. The number of carbonyl (C=O) groups excluding carboxylic acids is 1. The van der Waals surface area contributed by atoms with Crippen LogP contribution in [0.2, 0.25) is 0 Å². The highest BCUT2D eigenvalue weighted by Gasteiger charge is 2.23. The molecule has 0 saturated heterocycles. The molecule has 0 aliphatic heterocycles. The topological polar surface area (TPSA) is 75.3 Å². The van der Waals surface area contributed by atoms with Crippen molar-refractivity contribution in [2.45, 2.75) is 31.8 Å². The molecule has 1 amide bonds. The Morgan fingerprint density at radius 3 is 2.86 bits per heavy atom. The molecule has 1 rings (SSSR count). The molecule has 0 saturated carbocycles. The van der Waals surface area contributed by atoms with Gasteiger partial charge in [0.1, 0.15) is 0 Å². The van der Waals surface area contributed by atoms with Crippen LogP contribution in [0.5, 0.6) is 0 Å². The van der Waals surface area contributed by atoms with Gasteiger partial charge in [0.05, 0.1) is 18.6 Å². The summed E-state index contributed by atoms with van der Waals surface area (Å²) in [5, 5.41) is 11.7. The molecule has 4 N–H and O–H groups in total. The van der Waals surface area contributed by atoms with E-state index in [1.165, 1.54) is 0 Å². The molecular weight excluding hydrogens is 180 g/mol. The minimum atomic E-state index is -0.132. The van der Waals surface area contributed by atoms with E-state index in [1.807, 2.05) is 19.1 Å². The van der Waals surface area contributed by atoms with Gasteiger partial charge in [0.2, 0.25) is 5.91 Å². The molecule has 14 heavy (non-hydrogen) atoms. The second-order valence-corrected chi connectivity index (χ2v) is 3.69. The van der Waals surface area contributed by atoms with Gasteiger partial charge in [-0.2, -0.15) is 0 Å². The first-order valence-electron chi connectivity index (χ1n) is 5.02. The predicted octanol–water partition coefficient (Wildman–Crippen LogP) is -0.223. The summed E-state index contributed by atoms with van der Waals surface area (Å²) in [7, 11) is 0. The summed E-state index contributed by atoms with van der Waals surface area (Å²) in [5.74, 6) is -0.152. The second-order valence-electron chi connectivity index (χ2n) is 3.69. The van der Waals surface area contributed by atoms with E-state index < -0.39 is 0 Å². The molecule has 0 radical (unpaired) electrons. The summed E-state index contributed by atoms with van der Waals surface area (Å²) >= 11 is 0. The van der Waals surface area contributed by atoms with Crippen LogP contribution in [0.15, 0.2) is 12.2 Å². The Morgan fingerprint density at radius 2 is 2.43 bits per heavy atom. The molecule has 0 aromatic heterocycles. The molecule has 0 fully saturated rings. The standard InChI is InChI=1S/C10H18N2O2/c1-2-9(6-13)12-10(14)7-3-4-8(11)5-7/h3-4,7-9,13H,2,5-6,11H2,1H3,(H,12,14). The number of aliphatic hydroxyl groups excluding tert-OH is 1. The van der Waals surface area contributed by atoms with Gasteiger partial charge in [-0.3, -0.25) is 4.79 Å². The molecule has 4 nitrogen and oxygen atoms in total. The zero-order chi connectivity index (χ0) is 10.6. The Kier molecular flexibility index (Phi) is 4.10. The Morgan fingerprint density at radius 1 is 1.71 bits per heavy atom. The van der Waals surface area contributed by atoms with Crippen molar-refractivity contribution in [3.63, 3.8) is 0 Å². The minimum Gasteiger partial charge on any atom is -0.394 e. The number of rotatable bonds is 4. The Hall–Kier alpha value is -0.870. The van der Waals surface area contributed by atoms with Crippen molar-refractivity contribution in [3.8, 4) is 0 Å². The van der Waals surface area contributed by atoms with Gasteiger partial charge in [-0.05, 0) is 12.8 Å². The minimum absolute atomic E-state index is 0.0000435. The second kappa shape index (κ2) is 5.12. The first kappa shape index (κ1) is 11.2. The molecule has 4 heteroatoms. The van der Waals surface area contributed by atoms with E-state index in [1.54, 1.807) is 0 Å². The van der Waals surface area contributed by atoms with Crippen LogP contribution in [-0.4, -0.2) is 29.7 Å². The van der Waals surface area contributed by atoms with Gasteiger partial charge in [0.15, 0.2) is 0 Å². The number of carbonyl (C=O) groups is 1. The fraction of sp³-hybridized carbons (Fsp3) is 0.700. The lowest BCUT2D eigenvalue weighted by Crippen LogP contribution is -2.40. The first-order chi connectivity index (χ1) is 6.67. The number of nitrogens with two attached hydrogens (primary N) is 1. The van der Waals surface area contributed by atoms with Crippen LogP contribution in [0.1, 0.15) is 19.8 Å². The maximum Gasteiger partial charge on any atom is 0.227 e. The smallest absolute Gasteiger partial charge is 0.227 e. The normalized spacial score (nSPS) is 27.6. The Balaban J connectivity index is 2.39. The van der Waals surface area contributed by atoms with Gasteiger partial charge in [-0.25, -0.2) is 0 Å². The monoisotopic (exact) mass is 198 g/mol. The average Bonchev–Trinajstić information content (AvgIpc) is 2.61. The van der Waals surface area contributed by atoms with Gasteiger partial charge in [0.25, 0.3) is 0 Å². The van der Waals surface area contributed by atoms with E-state index in [0.717, 1.165) is 6.42 Å². The summed E-state index contributed by atoms with van der Waals surface area (Å²) in [4.78, 5) is 11.6. The fourth-order valence-corrected chi connectivity index (χ4v) is 1.51. The molecule has 1 aliphatic carbocycles. The van der Waals surface area contributed by atoms with Crippen LogP contribution >= 0.6 is 0 Å². The highest BCUT2D eigenvalue weighted by Crippen LogP contribution is 2.16. The molecule has 3 unspecified atom stereocenters. The van der Waals surface area contributed by atoms with Crippen molar-refractivity contribution in [2.75, 3.05) is 6.61 Å². The van der Waals surface area contributed by atoms with Crippen LogP contribution in [0, 0.1) is 5.92 Å². The van der Waals surface area contributed by atoms with E-state index in [4.69, 9.17) is 10.8 Å². The van der Waals surface area contributed by atoms with Crippen LogP contribution in [0.4, 0.5) is 0 Å². The summed E-state index contributed by atoms with van der Waals surface area (Å²) in [6.45, 7) is 1.92. The molecule has 0 heterocycles. The molecule has 0 bridgehead atoms. The fourth-order valence-electron chi connectivity index (χ4n) is 1.51. The largest absolute Gasteiger partial charge is 0.394 e. The van der Waals surface area contributed by atoms with Crippen molar-refractivity contribution in [1.82, 2.24) is 5.32 Å². The SMILES string of the molecule is CCC(CO)NC(=O)C1C=CC(N)C1. The summed E-state index contributed by atoms with van der Waals surface area (Å²) in [6, 6.07) is -0.132. The molecular formula is C10H18N2O2. The third kappa shape index (κ3) is 2.82. The molecule has 0 aromatic carbocycles. The number of amides is 1. The zero-order valence-corrected chi connectivity index (χ0v) is 8.44. The Bertz CT molecular complexity index is 224. The van der Waals surface area contributed by atoms with E-state index in [2.05, 4.69) is 5.32 Å². The van der Waals surface area contributed by atoms with Gasteiger partial charge in [-0.15, -0.1) is 0 Å². The van der Waals surface area contributed by atoms with Gasteiger partial charge in [0, 0.05) is 6.04 Å². The van der Waals surface area contributed by atoms with E-state index in [9.17, 15) is 4.79 Å². The van der Waals surface area contributed by atoms with Gasteiger partial charge in [-0.1, -0.05) is 19.1 Å². The van der Waals surface area contributed by atoms with Crippen molar-refractivity contribution >= 4 is 5.91 Å². The van der Waals surface area contributed by atoms with Crippen molar-refractivity contribution in [2.24, 2.45) is 11.7 Å². The van der Waals surface area contributed by atoms with Gasteiger partial charge >= 0.3 is 0 Å². The predicted molar refractivity (Wildman–Crippen MR) is 54.5 cm³/mol. The lowest BCUT2D eigenvalue weighted by Gasteiger charge is -2.16. The van der Waals surface area contributed by atoms with Crippen molar-refractivity contribution < 1.29 is 9.90 Å². The van der Waals surface area contributed by atoms with Crippen molar-refractivity contribution in [1.29, 1.82) is 0 Å². The number of aliphatic hydroxyl groups is 1. The zero-order valence-electron chi connectivity index (χ0n) is 8.44. The summed E-state index contributed by atoms with van der Waals surface area (Å²) in [5.41, 5.74) is 5.64. The van der Waals surface area contributed by atoms with Crippen LogP contribution in [-0.2, 0) is 4.79 Å². The quantitative estimate of drug-likeness (QED) is 0.546. The van der Waals surface area contributed by atoms with Crippen molar-refractivity contribution in [3.05, 3.63) is 12.2 Å². The Labute approximate surface area is 84.2 Å². The highest BCUT2D eigenvalue weighted by atomic mass is 16.3. The highest BCUT2D eigenvalue weighted by molar-refractivity contribution is 5.81. The molecule has 3 atom stereocenters. The summed E-state index contributed by atoms with van der Waals surface area (Å²) < 4.78 is 0. The first-order valence-corrected chi connectivity index (χ1v) is 5.02. The third-order valence-corrected chi connectivity index (χ3v) is 2.51. The molecule has 1 aliphatic rings. The van der Waals surface area contributed by atoms with Gasteiger partial charge < -0.3 is 16.2 Å². The maximum absolute atomic E-state index is 11.6.